The topological polar surface area (TPSA) is 9.23 Å². The van der Waals surface area contributed by atoms with E-state index in [1.807, 2.05) is 8.05 Å². The average Bonchev–Trinajstić information content (AvgIpc) is 2.16. The molecular weight excluding hydrogens is 159 g/mol. The monoisotopic (exact) mass is 184 g/mol. The van der Waals surface area contributed by atoms with Crippen molar-refractivity contribution in [1.82, 2.24) is 0 Å². The summed E-state index contributed by atoms with van der Waals surface area (Å²) in [4.78, 5) is 0. The molecule has 0 spiro atoms. The minimum absolute atomic E-state index is 0.526. The van der Waals surface area contributed by atoms with Crippen molar-refractivity contribution in [2.24, 2.45) is 0 Å². The molecule has 13 heavy (non-hydrogen) atoms. The summed E-state index contributed by atoms with van der Waals surface area (Å²) >= 11 is 0. The Labute approximate surface area is 84.7 Å². The molecule has 2 heteroatoms. The Morgan fingerprint density at radius 3 is 1.69 bits per heavy atom. The smallest absolute Gasteiger partial charge is 0.257 e. The van der Waals surface area contributed by atoms with Crippen molar-refractivity contribution in [3.8, 4) is 0 Å². The molecule has 0 saturated heterocycles. The van der Waals surface area contributed by atoms with Crippen molar-refractivity contribution in [3.63, 3.8) is 0 Å². The summed E-state index contributed by atoms with van der Waals surface area (Å²) < 4.78 is 5.44. The highest BCUT2D eigenvalue weighted by Crippen LogP contribution is 2.12. The fourth-order valence-electron chi connectivity index (χ4n) is 1.62. The van der Waals surface area contributed by atoms with Crippen molar-refractivity contribution >= 4 is 8.05 Å². The minimum atomic E-state index is 0.526. The zero-order chi connectivity index (χ0) is 9.94. The summed E-state index contributed by atoms with van der Waals surface area (Å²) in [5, 5.41) is 0. The van der Waals surface area contributed by atoms with E-state index in [0.29, 0.717) is 6.10 Å². The number of hydrogen-bond donors (Lipinski definition) is 0. The second kappa shape index (κ2) is 10.1. The van der Waals surface area contributed by atoms with Gasteiger partial charge < -0.3 is 4.65 Å². The molecule has 0 heterocycles. The van der Waals surface area contributed by atoms with E-state index in [1.54, 1.807) is 0 Å². The van der Waals surface area contributed by atoms with Gasteiger partial charge >= 0.3 is 0 Å². The second-order valence-electron chi connectivity index (χ2n) is 3.85. The molecule has 0 amide bonds. The van der Waals surface area contributed by atoms with Gasteiger partial charge in [0.1, 0.15) is 0 Å². The molecule has 0 rings (SSSR count). The van der Waals surface area contributed by atoms with Gasteiger partial charge in [0, 0.05) is 6.10 Å². The molecule has 0 aliphatic rings. The Balaban J connectivity index is 3.28. The molecular formula is C11H25BO. The van der Waals surface area contributed by atoms with E-state index in [2.05, 4.69) is 13.8 Å². The minimum Gasteiger partial charge on any atom is -0.441 e. The van der Waals surface area contributed by atoms with Gasteiger partial charge in [-0.15, -0.1) is 0 Å². The predicted octanol–water partition coefficient (Wildman–Crippen LogP) is 3.08. The number of hydrogen-bond acceptors (Lipinski definition) is 1. The van der Waals surface area contributed by atoms with Gasteiger partial charge in [0.15, 0.2) is 0 Å². The van der Waals surface area contributed by atoms with Gasteiger partial charge in [-0.05, 0) is 12.8 Å². The molecule has 0 bridgehead atoms. The molecule has 0 atom stereocenters. The highest BCUT2D eigenvalue weighted by Gasteiger charge is 2.04. The molecule has 78 valence electrons. The van der Waals surface area contributed by atoms with E-state index >= 15 is 0 Å². The second-order valence-corrected chi connectivity index (χ2v) is 3.85. The summed E-state index contributed by atoms with van der Waals surface area (Å²) in [5.74, 6) is 0. The summed E-state index contributed by atoms with van der Waals surface area (Å²) in [6.07, 6.45) is 11.0. The van der Waals surface area contributed by atoms with Crippen LogP contribution in [0.2, 0.25) is 0 Å². The Morgan fingerprint density at radius 2 is 1.38 bits per heavy atom. The Hall–Kier alpha value is 0.0249. The lowest BCUT2D eigenvalue weighted by Crippen LogP contribution is -2.10. The molecule has 0 aliphatic carbocycles. The van der Waals surface area contributed by atoms with E-state index in [1.165, 1.54) is 51.4 Å². The van der Waals surface area contributed by atoms with Gasteiger partial charge in [-0.3, -0.25) is 0 Å². The number of unbranched alkanes of at least 4 members (excludes halogenated alkanes) is 4. The molecule has 0 aliphatic heterocycles. The van der Waals surface area contributed by atoms with Gasteiger partial charge in [-0.2, -0.15) is 0 Å². The summed E-state index contributed by atoms with van der Waals surface area (Å²) in [6, 6.07) is 0. The van der Waals surface area contributed by atoms with Gasteiger partial charge in [-0.1, -0.05) is 52.4 Å². The van der Waals surface area contributed by atoms with Crippen LogP contribution in [-0.4, -0.2) is 14.2 Å². The van der Waals surface area contributed by atoms with E-state index in [0.717, 1.165) is 0 Å². The fourth-order valence-corrected chi connectivity index (χ4v) is 1.62. The highest BCUT2D eigenvalue weighted by molar-refractivity contribution is 5.98. The average molecular weight is 184 g/mol. The quantitative estimate of drug-likeness (QED) is 0.395. The van der Waals surface area contributed by atoms with Crippen molar-refractivity contribution in [3.05, 3.63) is 0 Å². The molecule has 0 fully saturated rings. The van der Waals surface area contributed by atoms with Crippen LogP contribution in [0, 0.1) is 0 Å². The van der Waals surface area contributed by atoms with Crippen LogP contribution in [0.5, 0.6) is 0 Å². The molecule has 0 saturated carbocycles. The first-order chi connectivity index (χ1) is 6.35. The van der Waals surface area contributed by atoms with E-state index < -0.39 is 0 Å². The SMILES string of the molecule is BOC(CCCCC)CCCCC. The van der Waals surface area contributed by atoms with E-state index in [4.69, 9.17) is 4.65 Å². The largest absolute Gasteiger partial charge is 0.441 e. The Morgan fingerprint density at radius 1 is 0.923 bits per heavy atom. The Bertz CT molecular complexity index is 86.1. The fraction of sp³-hybridized carbons (Fsp3) is 1.00. The van der Waals surface area contributed by atoms with Crippen LogP contribution in [0.25, 0.3) is 0 Å². The Kier molecular flexibility index (Phi) is 10.1. The third-order valence-corrected chi connectivity index (χ3v) is 2.59. The maximum Gasteiger partial charge on any atom is 0.257 e. The molecule has 0 N–H and O–H groups in total. The lowest BCUT2D eigenvalue weighted by molar-refractivity contribution is 0.190. The third kappa shape index (κ3) is 8.36. The van der Waals surface area contributed by atoms with E-state index in [-0.39, 0.29) is 0 Å². The third-order valence-electron chi connectivity index (χ3n) is 2.59. The summed E-state index contributed by atoms with van der Waals surface area (Å²) in [7, 11) is 1.85. The van der Waals surface area contributed by atoms with Gasteiger partial charge in [0.2, 0.25) is 0 Å². The molecule has 0 aromatic rings. The van der Waals surface area contributed by atoms with Gasteiger partial charge in [0.05, 0.1) is 0 Å². The van der Waals surface area contributed by atoms with Crippen LogP contribution in [0.4, 0.5) is 0 Å². The van der Waals surface area contributed by atoms with Crippen LogP contribution in [-0.2, 0) is 4.65 Å². The van der Waals surface area contributed by atoms with Crippen LogP contribution in [0.3, 0.4) is 0 Å². The van der Waals surface area contributed by atoms with Crippen molar-refractivity contribution in [2.75, 3.05) is 0 Å². The van der Waals surface area contributed by atoms with Crippen LogP contribution in [0.15, 0.2) is 0 Å². The standard InChI is InChI=1S/C11H25BO/c1-3-5-7-9-11(13-12)10-8-6-4-2/h11H,3-10,12H2,1-2H3. The lowest BCUT2D eigenvalue weighted by atomic mass is 10.0. The normalized spacial score (nSPS) is 11.0. The maximum absolute atomic E-state index is 5.44. The van der Waals surface area contributed by atoms with Crippen molar-refractivity contribution in [2.45, 2.75) is 71.3 Å². The molecule has 0 radical (unpaired) electrons. The zero-order valence-electron chi connectivity index (χ0n) is 9.64. The van der Waals surface area contributed by atoms with E-state index in [9.17, 15) is 0 Å². The molecule has 1 nitrogen and oxygen atoms in total. The van der Waals surface area contributed by atoms with Crippen molar-refractivity contribution in [1.29, 1.82) is 0 Å². The molecule has 0 aromatic carbocycles. The van der Waals surface area contributed by atoms with Crippen LogP contribution in [0.1, 0.15) is 65.2 Å². The van der Waals surface area contributed by atoms with Crippen molar-refractivity contribution < 1.29 is 4.65 Å². The highest BCUT2D eigenvalue weighted by atomic mass is 16.4. The van der Waals surface area contributed by atoms with Gasteiger partial charge in [0.25, 0.3) is 8.05 Å². The van der Waals surface area contributed by atoms with Crippen LogP contribution < -0.4 is 0 Å². The first-order valence-corrected chi connectivity index (χ1v) is 5.87. The molecule has 0 unspecified atom stereocenters. The van der Waals surface area contributed by atoms with Crippen LogP contribution >= 0.6 is 0 Å². The number of rotatable bonds is 9. The first kappa shape index (κ1) is 13.0. The zero-order valence-corrected chi connectivity index (χ0v) is 9.64. The predicted molar refractivity (Wildman–Crippen MR) is 61.7 cm³/mol. The lowest BCUT2D eigenvalue weighted by Gasteiger charge is -2.15. The van der Waals surface area contributed by atoms with Gasteiger partial charge in [-0.25, -0.2) is 0 Å². The summed E-state index contributed by atoms with van der Waals surface area (Å²) in [6.45, 7) is 4.50. The summed E-state index contributed by atoms with van der Waals surface area (Å²) in [5.41, 5.74) is 0. The maximum atomic E-state index is 5.44. The first-order valence-electron chi connectivity index (χ1n) is 5.87. The molecule has 0 aromatic heterocycles.